The summed E-state index contributed by atoms with van der Waals surface area (Å²) in [4.78, 5) is 126. The van der Waals surface area contributed by atoms with Crippen LogP contribution in [-0.2, 0) is 43.2 Å². The van der Waals surface area contributed by atoms with Gasteiger partial charge in [-0.05, 0) is 90.1 Å². The fourth-order valence-corrected chi connectivity index (χ4v) is 6.35. The summed E-state index contributed by atoms with van der Waals surface area (Å²) in [6.07, 6.45) is -0.385. The van der Waals surface area contributed by atoms with Crippen molar-refractivity contribution in [2.45, 2.75) is 146 Å². The summed E-state index contributed by atoms with van der Waals surface area (Å²) in [5, 5.41) is 47.1. The van der Waals surface area contributed by atoms with Gasteiger partial charge in [0.25, 0.3) is 0 Å². The highest BCUT2D eigenvalue weighted by molar-refractivity contribution is 5.98. The number of carbonyl (C=O) groups is 9. The summed E-state index contributed by atoms with van der Waals surface area (Å²) < 4.78 is 0. The Bertz CT molecular complexity index is 1740. The number of unbranched alkanes of at least 4 members (excludes halogenated alkanes) is 2. The normalized spacial score (nSPS) is 14.9. The third-order valence-corrected chi connectivity index (χ3v) is 10.2. The summed E-state index contributed by atoms with van der Waals surface area (Å²) in [6, 6.07) is -11.8. The number of carbonyl (C=O) groups excluding carboxylic acids is 8. The monoisotopic (exact) mass is 988 g/mol. The molecular weight excluding hydrogens is 911 g/mol. The van der Waals surface area contributed by atoms with Crippen molar-refractivity contribution < 1.29 is 58.5 Å². The van der Waals surface area contributed by atoms with Crippen LogP contribution >= 0.6 is 0 Å². The molecule has 0 spiro atoms. The molecule has 29 nitrogen and oxygen atoms in total. The maximum atomic E-state index is 14.1. The molecule has 9 atom stereocenters. The molecule has 29 heteroatoms. The number of nitrogens with zero attached hydrogens (tertiary/aromatic N) is 2. The topological polar surface area (TPSA) is 531 Å². The molecule has 0 aromatic heterocycles. The van der Waals surface area contributed by atoms with E-state index >= 15 is 0 Å². The number of primary amides is 1. The van der Waals surface area contributed by atoms with Crippen molar-refractivity contribution in [2.75, 3.05) is 32.8 Å². The van der Waals surface area contributed by atoms with E-state index in [9.17, 15) is 58.5 Å². The lowest BCUT2D eigenvalue weighted by Gasteiger charge is -2.29. The summed E-state index contributed by atoms with van der Waals surface area (Å²) in [5.74, 6) is -10.1. The third kappa shape index (κ3) is 26.1. The number of aliphatic hydroxyl groups excluding tert-OH is 2. The lowest BCUT2D eigenvalue weighted by atomic mass is 10.0. The average molecular weight is 988 g/mol. The van der Waals surface area contributed by atoms with Crippen molar-refractivity contribution in [1.29, 1.82) is 0 Å². The molecule has 9 unspecified atom stereocenters. The molecule has 0 radical (unpaired) electrons. The van der Waals surface area contributed by atoms with Crippen LogP contribution in [0.2, 0.25) is 0 Å². The number of nitrogens with one attached hydrogen (secondary N) is 7. The second-order valence-corrected chi connectivity index (χ2v) is 16.5. The van der Waals surface area contributed by atoms with Gasteiger partial charge in [0.05, 0.1) is 25.2 Å². The van der Waals surface area contributed by atoms with E-state index in [-0.39, 0.29) is 70.1 Å². The number of guanidine groups is 2. The van der Waals surface area contributed by atoms with Gasteiger partial charge in [-0.1, -0.05) is 13.8 Å². The highest BCUT2D eigenvalue weighted by Crippen LogP contribution is 2.11. The summed E-state index contributed by atoms with van der Waals surface area (Å²) >= 11 is 0. The van der Waals surface area contributed by atoms with Crippen LogP contribution in [0.15, 0.2) is 9.98 Å². The Hall–Kier alpha value is -6.43. The minimum atomic E-state index is -1.77. The van der Waals surface area contributed by atoms with Crippen LogP contribution < -0.4 is 83.1 Å². The maximum Gasteiger partial charge on any atom is 0.326 e. The molecule has 0 rings (SSSR count). The molecule has 26 N–H and O–H groups in total. The van der Waals surface area contributed by atoms with Gasteiger partial charge in [0.2, 0.25) is 47.3 Å². The molecule has 0 saturated carbocycles. The van der Waals surface area contributed by atoms with E-state index in [1.165, 1.54) is 0 Å². The molecule has 0 aliphatic carbocycles. The number of aliphatic carboxylic acids is 1. The van der Waals surface area contributed by atoms with E-state index < -0.39 is 127 Å². The highest BCUT2D eigenvalue weighted by atomic mass is 16.4. The fraction of sp³-hybridized carbons (Fsp3) is 0.725. The van der Waals surface area contributed by atoms with Gasteiger partial charge in [0.1, 0.15) is 42.3 Å². The minimum absolute atomic E-state index is 0.000740. The zero-order valence-corrected chi connectivity index (χ0v) is 39.6. The van der Waals surface area contributed by atoms with Crippen molar-refractivity contribution in [1.82, 2.24) is 37.2 Å². The van der Waals surface area contributed by atoms with Crippen molar-refractivity contribution in [2.24, 2.45) is 61.8 Å². The summed E-state index contributed by atoms with van der Waals surface area (Å²) in [6.45, 7) is 3.84. The number of amides is 8. The fourth-order valence-electron chi connectivity index (χ4n) is 6.35. The van der Waals surface area contributed by atoms with E-state index in [0.29, 0.717) is 32.2 Å². The number of carboxylic acids is 1. The van der Waals surface area contributed by atoms with Crippen LogP contribution in [0.1, 0.15) is 91.4 Å². The molecule has 0 aromatic rings. The zero-order chi connectivity index (χ0) is 52.8. The summed E-state index contributed by atoms with van der Waals surface area (Å²) in [5.41, 5.74) is 43.7. The number of nitrogens with two attached hydrogens (primary N) is 8. The molecule has 0 fully saturated rings. The molecule has 8 amide bonds. The first-order valence-corrected chi connectivity index (χ1v) is 22.6. The Balaban J connectivity index is 6.65. The first kappa shape index (κ1) is 62.6. The Kier molecular flexibility index (Phi) is 30.8. The van der Waals surface area contributed by atoms with Crippen molar-refractivity contribution in [3.05, 3.63) is 0 Å². The van der Waals surface area contributed by atoms with Gasteiger partial charge in [-0.2, -0.15) is 0 Å². The van der Waals surface area contributed by atoms with Crippen LogP contribution in [0.5, 0.6) is 0 Å². The average Bonchev–Trinajstić information content (AvgIpc) is 3.26. The first-order valence-electron chi connectivity index (χ1n) is 22.6. The van der Waals surface area contributed by atoms with E-state index in [2.05, 4.69) is 47.2 Å². The molecule has 0 aliphatic rings. The van der Waals surface area contributed by atoms with Crippen molar-refractivity contribution >= 4 is 65.1 Å². The predicted molar refractivity (Wildman–Crippen MR) is 252 cm³/mol. The number of aliphatic imine (C=N–C) groups is 2. The molecular formula is C40H77N17O12. The van der Waals surface area contributed by atoms with Crippen molar-refractivity contribution in [3.8, 4) is 0 Å². The van der Waals surface area contributed by atoms with Crippen LogP contribution in [0.4, 0.5) is 0 Å². The van der Waals surface area contributed by atoms with Gasteiger partial charge in [0, 0.05) is 13.1 Å². The van der Waals surface area contributed by atoms with E-state index in [1.54, 1.807) is 13.8 Å². The number of rotatable bonds is 36. The lowest BCUT2D eigenvalue weighted by Crippen LogP contribution is -2.62. The van der Waals surface area contributed by atoms with Crippen LogP contribution in [0, 0.1) is 5.92 Å². The molecule has 0 heterocycles. The SMILES string of the molecule is CC(C)C(NC(=O)C(NC(=O)C(CO)NC(=O)C(N)CC(N)=O)C(C)O)C(=O)NC(CCCN=C(N)N)C(=O)NC(CCCCN)C(=O)NC(CCCN=C(N)N)C(=O)NC(CCCCN)C(=O)O. The molecule has 394 valence electrons. The second-order valence-electron chi connectivity index (χ2n) is 16.5. The molecule has 69 heavy (non-hydrogen) atoms. The Morgan fingerprint density at radius 2 is 0.855 bits per heavy atom. The van der Waals surface area contributed by atoms with Crippen LogP contribution in [-0.4, -0.2) is 168 Å². The van der Waals surface area contributed by atoms with Crippen molar-refractivity contribution in [3.63, 3.8) is 0 Å². The predicted octanol–water partition coefficient (Wildman–Crippen LogP) is -7.94. The molecule has 0 bridgehead atoms. The van der Waals surface area contributed by atoms with Crippen LogP contribution in [0.3, 0.4) is 0 Å². The number of aliphatic hydroxyl groups is 2. The number of hydrogen-bond acceptors (Lipinski definition) is 16. The van der Waals surface area contributed by atoms with E-state index in [4.69, 9.17) is 45.9 Å². The highest BCUT2D eigenvalue weighted by Gasteiger charge is 2.36. The Morgan fingerprint density at radius 1 is 0.493 bits per heavy atom. The molecule has 0 aromatic carbocycles. The molecule has 0 saturated heterocycles. The van der Waals surface area contributed by atoms with E-state index in [0.717, 1.165) is 6.92 Å². The largest absolute Gasteiger partial charge is 0.480 e. The second kappa shape index (κ2) is 33.9. The van der Waals surface area contributed by atoms with Gasteiger partial charge in [-0.3, -0.25) is 48.3 Å². The van der Waals surface area contributed by atoms with Gasteiger partial charge >= 0.3 is 5.97 Å². The third-order valence-electron chi connectivity index (χ3n) is 10.2. The summed E-state index contributed by atoms with van der Waals surface area (Å²) in [7, 11) is 0. The standard InChI is InChI=1S/C40H77N17O12/c1-20(2)29(56-37(67)30(21(3)59)57-35(65)27(19-58)55-31(61)22(43)18-28(44)60)36(66)53-25(13-9-17-50-40(47)48)33(63)51-23(10-4-6-14-41)32(62)52-24(12-8-16-49-39(45)46)34(64)54-26(38(68)69)11-5-7-15-42/h20-27,29-30,58-59H,4-19,41-43H2,1-3H3,(H2,44,60)(H,51,63)(H,52,62)(H,53,66)(H,54,64)(H,55,61)(H,56,67)(H,57,65)(H,68,69)(H4,45,46,49)(H4,47,48,50). The van der Waals surface area contributed by atoms with Gasteiger partial charge < -0.3 is 98.4 Å². The number of hydrogen-bond donors (Lipinski definition) is 18. The zero-order valence-electron chi connectivity index (χ0n) is 39.6. The minimum Gasteiger partial charge on any atom is -0.480 e. The Morgan fingerprint density at radius 3 is 1.23 bits per heavy atom. The van der Waals surface area contributed by atoms with Gasteiger partial charge in [-0.15, -0.1) is 0 Å². The molecule has 0 aliphatic heterocycles. The first-order chi connectivity index (χ1) is 32.4. The smallest absolute Gasteiger partial charge is 0.326 e. The van der Waals surface area contributed by atoms with Gasteiger partial charge in [-0.25, -0.2) is 4.79 Å². The quantitative estimate of drug-likeness (QED) is 0.0157. The maximum absolute atomic E-state index is 14.1. The number of carboxylic acid groups (broad SMARTS) is 1. The van der Waals surface area contributed by atoms with Crippen LogP contribution in [0.25, 0.3) is 0 Å². The lowest BCUT2D eigenvalue weighted by molar-refractivity contribution is -0.142. The van der Waals surface area contributed by atoms with Gasteiger partial charge in [0.15, 0.2) is 11.9 Å². The van der Waals surface area contributed by atoms with E-state index in [1.807, 2.05) is 0 Å². The Labute approximate surface area is 400 Å².